The SMILES string of the molecule is Cc1cccc(CNC2CCN3CCCC3C2)c1. The Bertz CT molecular complexity index is 402. The van der Waals surface area contributed by atoms with Crippen molar-refractivity contribution in [2.45, 2.75) is 51.2 Å². The van der Waals surface area contributed by atoms with Crippen LogP contribution >= 0.6 is 0 Å². The van der Waals surface area contributed by atoms with E-state index in [9.17, 15) is 0 Å². The normalized spacial score (nSPS) is 28.3. The maximum atomic E-state index is 3.75. The summed E-state index contributed by atoms with van der Waals surface area (Å²) >= 11 is 0. The molecule has 0 spiro atoms. The lowest BCUT2D eigenvalue weighted by Crippen LogP contribution is -2.45. The number of aryl methyl sites for hydroxylation is 1. The third kappa shape index (κ3) is 2.76. The lowest BCUT2D eigenvalue weighted by molar-refractivity contribution is 0.166. The van der Waals surface area contributed by atoms with Gasteiger partial charge in [0.25, 0.3) is 0 Å². The fourth-order valence-corrected chi connectivity index (χ4v) is 3.49. The molecule has 1 N–H and O–H groups in total. The van der Waals surface area contributed by atoms with Crippen molar-refractivity contribution >= 4 is 0 Å². The molecule has 1 aromatic carbocycles. The standard InChI is InChI=1S/C16H24N2/c1-13-4-2-5-14(10-13)12-17-15-7-9-18-8-3-6-16(18)11-15/h2,4-5,10,15-17H,3,6-9,11-12H2,1H3. The second-order valence-electron chi connectivity index (χ2n) is 5.92. The fraction of sp³-hybridized carbons (Fsp3) is 0.625. The molecule has 2 aliphatic rings. The Balaban J connectivity index is 1.51. The summed E-state index contributed by atoms with van der Waals surface area (Å²) in [5, 5.41) is 3.75. The van der Waals surface area contributed by atoms with Gasteiger partial charge in [-0.2, -0.15) is 0 Å². The first kappa shape index (κ1) is 12.2. The summed E-state index contributed by atoms with van der Waals surface area (Å²) < 4.78 is 0. The zero-order chi connectivity index (χ0) is 12.4. The summed E-state index contributed by atoms with van der Waals surface area (Å²) in [4.78, 5) is 2.69. The fourth-order valence-electron chi connectivity index (χ4n) is 3.49. The molecule has 2 heterocycles. The van der Waals surface area contributed by atoms with Crippen LogP contribution in [0.5, 0.6) is 0 Å². The van der Waals surface area contributed by atoms with Crippen molar-refractivity contribution in [2.75, 3.05) is 13.1 Å². The topological polar surface area (TPSA) is 15.3 Å². The summed E-state index contributed by atoms with van der Waals surface area (Å²) in [5.74, 6) is 0. The number of benzene rings is 1. The molecular weight excluding hydrogens is 220 g/mol. The molecule has 2 unspecified atom stereocenters. The van der Waals surface area contributed by atoms with Crippen molar-refractivity contribution in [2.24, 2.45) is 0 Å². The van der Waals surface area contributed by atoms with E-state index in [1.165, 1.54) is 49.9 Å². The van der Waals surface area contributed by atoms with E-state index in [1.54, 1.807) is 0 Å². The number of hydrogen-bond donors (Lipinski definition) is 1. The van der Waals surface area contributed by atoms with Crippen LogP contribution in [0.15, 0.2) is 24.3 Å². The predicted molar refractivity (Wildman–Crippen MR) is 75.6 cm³/mol. The zero-order valence-electron chi connectivity index (χ0n) is 11.4. The number of hydrogen-bond acceptors (Lipinski definition) is 2. The van der Waals surface area contributed by atoms with Crippen molar-refractivity contribution in [3.8, 4) is 0 Å². The van der Waals surface area contributed by atoms with Crippen molar-refractivity contribution in [1.82, 2.24) is 10.2 Å². The number of fused-ring (bicyclic) bond motifs is 1. The van der Waals surface area contributed by atoms with Crippen LogP contribution in [0.3, 0.4) is 0 Å². The van der Waals surface area contributed by atoms with Gasteiger partial charge in [0.1, 0.15) is 0 Å². The average Bonchev–Trinajstić information content (AvgIpc) is 2.84. The Morgan fingerprint density at radius 3 is 3.11 bits per heavy atom. The summed E-state index contributed by atoms with van der Waals surface area (Å²) in [7, 11) is 0. The van der Waals surface area contributed by atoms with Gasteiger partial charge in [0.05, 0.1) is 0 Å². The van der Waals surface area contributed by atoms with E-state index in [2.05, 4.69) is 41.4 Å². The van der Waals surface area contributed by atoms with Gasteiger partial charge in [-0.25, -0.2) is 0 Å². The Hall–Kier alpha value is -0.860. The lowest BCUT2D eigenvalue weighted by atomic mass is 9.97. The molecule has 2 saturated heterocycles. The molecule has 98 valence electrons. The van der Waals surface area contributed by atoms with Gasteiger partial charge < -0.3 is 10.2 Å². The average molecular weight is 244 g/mol. The van der Waals surface area contributed by atoms with Gasteiger partial charge in [-0.15, -0.1) is 0 Å². The molecule has 0 amide bonds. The molecule has 0 bridgehead atoms. The zero-order valence-corrected chi connectivity index (χ0v) is 11.4. The van der Waals surface area contributed by atoms with Crippen molar-refractivity contribution in [3.05, 3.63) is 35.4 Å². The molecule has 2 aliphatic heterocycles. The van der Waals surface area contributed by atoms with Crippen LogP contribution < -0.4 is 5.32 Å². The Kier molecular flexibility index (Phi) is 3.67. The minimum Gasteiger partial charge on any atom is -0.310 e. The largest absolute Gasteiger partial charge is 0.310 e. The van der Waals surface area contributed by atoms with Crippen LogP contribution in [0, 0.1) is 6.92 Å². The van der Waals surface area contributed by atoms with Crippen LogP contribution in [0.2, 0.25) is 0 Å². The van der Waals surface area contributed by atoms with Crippen molar-refractivity contribution < 1.29 is 0 Å². The van der Waals surface area contributed by atoms with Gasteiger partial charge in [0, 0.05) is 18.6 Å². The number of nitrogens with one attached hydrogen (secondary N) is 1. The molecule has 2 atom stereocenters. The second kappa shape index (κ2) is 5.41. The third-order valence-electron chi connectivity index (χ3n) is 4.50. The number of piperidine rings is 1. The Morgan fingerprint density at radius 1 is 1.28 bits per heavy atom. The highest BCUT2D eigenvalue weighted by Gasteiger charge is 2.31. The Labute approximate surface area is 110 Å². The van der Waals surface area contributed by atoms with Gasteiger partial charge in [0.15, 0.2) is 0 Å². The molecule has 0 aromatic heterocycles. The van der Waals surface area contributed by atoms with E-state index in [0.717, 1.165) is 18.6 Å². The second-order valence-corrected chi connectivity index (χ2v) is 5.92. The van der Waals surface area contributed by atoms with E-state index in [-0.39, 0.29) is 0 Å². The van der Waals surface area contributed by atoms with Gasteiger partial charge in [-0.1, -0.05) is 29.8 Å². The first-order valence-corrected chi connectivity index (χ1v) is 7.34. The Morgan fingerprint density at radius 2 is 2.22 bits per heavy atom. The summed E-state index contributed by atoms with van der Waals surface area (Å²) in [5.41, 5.74) is 2.78. The van der Waals surface area contributed by atoms with Crippen LogP contribution in [-0.2, 0) is 6.54 Å². The first-order valence-electron chi connectivity index (χ1n) is 7.34. The molecule has 0 radical (unpaired) electrons. The maximum Gasteiger partial charge on any atom is 0.0208 e. The van der Waals surface area contributed by atoms with E-state index in [1.807, 2.05) is 0 Å². The van der Waals surface area contributed by atoms with Crippen LogP contribution in [0.1, 0.15) is 36.8 Å². The minimum atomic E-state index is 0.727. The molecule has 2 heteroatoms. The van der Waals surface area contributed by atoms with E-state index >= 15 is 0 Å². The highest BCUT2D eigenvalue weighted by atomic mass is 15.2. The molecule has 0 aliphatic carbocycles. The van der Waals surface area contributed by atoms with E-state index in [0.29, 0.717) is 0 Å². The van der Waals surface area contributed by atoms with Gasteiger partial charge in [-0.3, -0.25) is 0 Å². The summed E-state index contributed by atoms with van der Waals surface area (Å²) in [6, 6.07) is 10.4. The van der Waals surface area contributed by atoms with Crippen molar-refractivity contribution in [1.29, 1.82) is 0 Å². The molecule has 3 rings (SSSR count). The third-order valence-corrected chi connectivity index (χ3v) is 4.50. The van der Waals surface area contributed by atoms with E-state index in [4.69, 9.17) is 0 Å². The molecular formula is C16H24N2. The number of nitrogens with zero attached hydrogens (tertiary/aromatic N) is 1. The van der Waals surface area contributed by atoms with Gasteiger partial charge >= 0.3 is 0 Å². The molecule has 2 fully saturated rings. The van der Waals surface area contributed by atoms with Gasteiger partial charge in [0.2, 0.25) is 0 Å². The smallest absolute Gasteiger partial charge is 0.0208 e. The minimum absolute atomic E-state index is 0.727. The monoisotopic (exact) mass is 244 g/mol. The van der Waals surface area contributed by atoms with Crippen molar-refractivity contribution in [3.63, 3.8) is 0 Å². The predicted octanol–water partition coefficient (Wildman–Crippen LogP) is 2.71. The quantitative estimate of drug-likeness (QED) is 0.879. The summed E-state index contributed by atoms with van der Waals surface area (Å²) in [6.45, 7) is 5.84. The summed E-state index contributed by atoms with van der Waals surface area (Å²) in [6.07, 6.45) is 5.51. The molecule has 1 aromatic rings. The van der Waals surface area contributed by atoms with Crippen LogP contribution in [0.4, 0.5) is 0 Å². The molecule has 18 heavy (non-hydrogen) atoms. The lowest BCUT2D eigenvalue weighted by Gasteiger charge is -2.35. The molecule has 2 nitrogen and oxygen atoms in total. The van der Waals surface area contributed by atoms with E-state index < -0.39 is 0 Å². The number of rotatable bonds is 3. The maximum absolute atomic E-state index is 3.75. The van der Waals surface area contributed by atoms with Gasteiger partial charge in [-0.05, 0) is 51.3 Å². The highest BCUT2D eigenvalue weighted by Crippen LogP contribution is 2.26. The first-order chi connectivity index (χ1) is 8.81. The molecule has 0 saturated carbocycles. The van der Waals surface area contributed by atoms with Crippen LogP contribution in [-0.4, -0.2) is 30.1 Å². The van der Waals surface area contributed by atoms with Crippen LogP contribution in [0.25, 0.3) is 0 Å². The highest BCUT2D eigenvalue weighted by molar-refractivity contribution is 5.22.